The molecule has 0 aliphatic carbocycles. The maximum absolute atomic E-state index is 11.8. The number of hydrogen-bond acceptors (Lipinski definition) is 3. The first-order valence-corrected chi connectivity index (χ1v) is 28.0. The summed E-state index contributed by atoms with van der Waals surface area (Å²) >= 11 is 0. The van der Waals surface area contributed by atoms with Crippen molar-refractivity contribution in [3.63, 3.8) is 0 Å². The van der Waals surface area contributed by atoms with Crippen LogP contribution in [0.1, 0.15) is 335 Å². The van der Waals surface area contributed by atoms with Crippen LogP contribution in [0, 0.1) is 0 Å². The summed E-state index contributed by atoms with van der Waals surface area (Å²) < 4.78 is 1.89. The van der Waals surface area contributed by atoms with Gasteiger partial charge in [0.05, 0.1) is 0 Å². The largest absolute Gasteiger partial charge is 0.494 e. The lowest BCUT2D eigenvalue weighted by atomic mass is 9.79. The van der Waals surface area contributed by atoms with Gasteiger partial charge in [0.1, 0.15) is 0 Å². The Morgan fingerprint density at radius 2 is 0.689 bits per heavy atom. The number of unbranched alkanes of at least 4 members (excludes halogenated alkanes) is 37. The highest BCUT2D eigenvalue weighted by Crippen LogP contribution is 2.45. The molecule has 0 radical (unpaired) electrons. The highest BCUT2D eigenvalue weighted by atomic mass is 16.3. The molecule has 1 saturated heterocycles. The molecule has 1 aliphatic rings. The number of hydrogen-bond donors (Lipinski definition) is 3. The van der Waals surface area contributed by atoms with Crippen molar-refractivity contribution in [1.82, 2.24) is 9.88 Å². The van der Waals surface area contributed by atoms with Crippen LogP contribution < -0.4 is 5.32 Å². The highest BCUT2D eigenvalue weighted by molar-refractivity contribution is 5.39. The van der Waals surface area contributed by atoms with Crippen molar-refractivity contribution in [3.8, 4) is 11.8 Å². The number of piperidine rings is 1. The second kappa shape index (κ2) is 36.1. The predicted molar refractivity (Wildman–Crippen MR) is 271 cm³/mol. The summed E-state index contributed by atoms with van der Waals surface area (Å²) in [6, 6.07) is 2.03. The first-order chi connectivity index (χ1) is 29.6. The zero-order chi connectivity index (χ0) is 44.3. The molecule has 360 valence electrons. The van der Waals surface area contributed by atoms with Crippen LogP contribution >= 0.6 is 0 Å². The Morgan fingerprint density at radius 1 is 0.443 bits per heavy atom. The quantitative estimate of drug-likeness (QED) is 0.0574. The molecule has 0 amide bonds. The first-order valence-electron chi connectivity index (χ1n) is 28.0. The Balaban J connectivity index is 1.65. The Kier molecular flexibility index (Phi) is 33.1. The molecule has 2 heterocycles. The molecule has 0 saturated carbocycles. The summed E-state index contributed by atoms with van der Waals surface area (Å²) in [5.41, 5.74) is 0.912. The van der Waals surface area contributed by atoms with Crippen LogP contribution in [-0.4, -0.2) is 25.9 Å². The maximum atomic E-state index is 11.8. The van der Waals surface area contributed by atoms with Gasteiger partial charge in [-0.25, -0.2) is 0 Å². The van der Waals surface area contributed by atoms with Gasteiger partial charge >= 0.3 is 0 Å². The maximum Gasteiger partial charge on any atom is 0.197 e. The van der Waals surface area contributed by atoms with Crippen LogP contribution in [0.15, 0.2) is 6.07 Å². The third kappa shape index (κ3) is 28.4. The van der Waals surface area contributed by atoms with Crippen molar-refractivity contribution < 1.29 is 10.2 Å². The molecular weight excluding hydrogens is 745 g/mol. The molecule has 1 aromatic heterocycles. The van der Waals surface area contributed by atoms with E-state index in [1.165, 1.54) is 250 Å². The topological polar surface area (TPSA) is 57.4 Å². The molecule has 61 heavy (non-hydrogen) atoms. The van der Waals surface area contributed by atoms with E-state index in [-0.39, 0.29) is 23.0 Å². The van der Waals surface area contributed by atoms with Crippen LogP contribution in [-0.2, 0) is 0 Å². The average molecular weight is 856 g/mol. The standard InChI is InChI=1S/C57H110N2O2/c1-7-9-11-13-15-17-19-21-23-25-27-28-29-31-33-35-37-39-41-43-45-47-51(53-48-54(60)59(55(53)61)52-49-56(3,4)58-57(5,6)50-52)46-44-42-40-38-36-34-32-30-26-24-22-20-18-16-14-12-10-8-2/h48,51-52,58,60-61H,7-47,49-50H2,1-6H3. The van der Waals surface area contributed by atoms with Gasteiger partial charge in [0, 0.05) is 28.7 Å². The Hall–Kier alpha value is -1.16. The Bertz CT molecular complexity index is 1110. The number of aromatic hydroxyl groups is 2. The predicted octanol–water partition coefficient (Wildman–Crippen LogP) is 19.5. The molecular formula is C57H110N2O2. The van der Waals surface area contributed by atoms with Gasteiger partial charge in [-0.05, 0) is 59.3 Å². The van der Waals surface area contributed by atoms with Gasteiger partial charge in [0.2, 0.25) is 0 Å². The van der Waals surface area contributed by atoms with Crippen LogP contribution in [0.25, 0.3) is 0 Å². The summed E-state index contributed by atoms with van der Waals surface area (Å²) in [7, 11) is 0. The summed E-state index contributed by atoms with van der Waals surface area (Å²) in [6.45, 7) is 13.6. The van der Waals surface area contributed by atoms with Crippen LogP contribution in [0.5, 0.6) is 11.8 Å². The molecule has 4 nitrogen and oxygen atoms in total. The fraction of sp³-hybridized carbons (Fsp3) is 0.930. The summed E-state index contributed by atoms with van der Waals surface area (Å²) in [4.78, 5) is 0. The second-order valence-corrected chi connectivity index (χ2v) is 22.0. The van der Waals surface area contributed by atoms with Crippen LogP contribution in [0.4, 0.5) is 0 Å². The molecule has 0 bridgehead atoms. The van der Waals surface area contributed by atoms with Gasteiger partial charge in [0.15, 0.2) is 11.8 Å². The lowest BCUT2D eigenvalue weighted by Gasteiger charge is -2.47. The van der Waals surface area contributed by atoms with Gasteiger partial charge in [-0.3, -0.25) is 4.57 Å². The minimum atomic E-state index is -0.0474. The normalized spacial score (nSPS) is 15.8. The fourth-order valence-corrected chi connectivity index (χ4v) is 11.2. The molecule has 4 heteroatoms. The first kappa shape index (κ1) is 56.0. The third-order valence-corrected chi connectivity index (χ3v) is 14.6. The van der Waals surface area contributed by atoms with E-state index < -0.39 is 0 Å². The van der Waals surface area contributed by atoms with E-state index in [1.807, 2.05) is 10.6 Å². The van der Waals surface area contributed by atoms with Gasteiger partial charge in [-0.15, -0.1) is 0 Å². The zero-order valence-corrected chi connectivity index (χ0v) is 42.5. The molecule has 1 atom stereocenters. The zero-order valence-electron chi connectivity index (χ0n) is 42.5. The smallest absolute Gasteiger partial charge is 0.197 e. The van der Waals surface area contributed by atoms with Crippen LogP contribution in [0.2, 0.25) is 0 Å². The fourth-order valence-electron chi connectivity index (χ4n) is 11.2. The molecule has 3 N–H and O–H groups in total. The van der Waals surface area contributed by atoms with Crippen molar-refractivity contribution in [2.24, 2.45) is 0 Å². The van der Waals surface area contributed by atoms with E-state index in [1.54, 1.807) is 0 Å². The van der Waals surface area contributed by atoms with Gasteiger partial charge in [-0.1, -0.05) is 264 Å². The lowest BCUT2D eigenvalue weighted by Crippen LogP contribution is -2.57. The SMILES string of the molecule is CCCCCCCCCCCCCCCCCCCCCCCC(CCCCCCCCCCCCCCCCCCCC)c1cc(O)n(C2CC(C)(C)NC(C)(C)C2)c1O. The highest BCUT2D eigenvalue weighted by Gasteiger charge is 2.40. The molecule has 2 rings (SSSR count). The molecule has 1 fully saturated rings. The van der Waals surface area contributed by atoms with Crippen molar-refractivity contribution in [3.05, 3.63) is 11.6 Å². The summed E-state index contributed by atoms with van der Waals surface area (Å²) in [6.07, 6.45) is 58.9. The Morgan fingerprint density at radius 3 is 0.951 bits per heavy atom. The van der Waals surface area contributed by atoms with Crippen molar-refractivity contribution in [2.45, 2.75) is 341 Å². The lowest BCUT2D eigenvalue weighted by molar-refractivity contribution is 0.123. The minimum Gasteiger partial charge on any atom is -0.494 e. The van der Waals surface area contributed by atoms with E-state index >= 15 is 0 Å². The minimum absolute atomic E-state index is 0.0474. The summed E-state index contributed by atoms with van der Waals surface area (Å²) in [5.74, 6) is 0.927. The molecule has 1 unspecified atom stereocenters. The van der Waals surface area contributed by atoms with Crippen molar-refractivity contribution in [1.29, 1.82) is 0 Å². The van der Waals surface area contributed by atoms with Crippen molar-refractivity contribution >= 4 is 0 Å². The van der Waals surface area contributed by atoms with Crippen LogP contribution in [0.3, 0.4) is 0 Å². The molecule has 0 aromatic carbocycles. The number of rotatable bonds is 43. The van der Waals surface area contributed by atoms with E-state index in [9.17, 15) is 10.2 Å². The number of aromatic nitrogens is 1. The number of nitrogens with zero attached hydrogens (tertiary/aromatic N) is 1. The van der Waals surface area contributed by atoms with E-state index in [0.717, 1.165) is 31.2 Å². The van der Waals surface area contributed by atoms with E-state index in [4.69, 9.17) is 0 Å². The van der Waals surface area contributed by atoms with E-state index in [2.05, 4.69) is 46.9 Å². The van der Waals surface area contributed by atoms with E-state index in [0.29, 0.717) is 11.8 Å². The molecule has 1 aliphatic heterocycles. The number of nitrogens with one attached hydrogen (secondary N) is 1. The monoisotopic (exact) mass is 855 g/mol. The van der Waals surface area contributed by atoms with Crippen molar-refractivity contribution in [2.75, 3.05) is 0 Å². The molecule has 1 aromatic rings. The summed E-state index contributed by atoms with van der Waals surface area (Å²) in [5, 5.41) is 26.9. The second-order valence-electron chi connectivity index (χ2n) is 22.0. The van der Waals surface area contributed by atoms with Gasteiger partial charge < -0.3 is 15.5 Å². The Labute approximate surface area is 382 Å². The average Bonchev–Trinajstić information content (AvgIpc) is 3.51. The third-order valence-electron chi connectivity index (χ3n) is 14.6. The van der Waals surface area contributed by atoms with Gasteiger partial charge in [0.25, 0.3) is 0 Å². The van der Waals surface area contributed by atoms with Gasteiger partial charge in [-0.2, -0.15) is 0 Å². The molecule has 0 spiro atoms.